The molecule has 41 heavy (non-hydrogen) atoms. The summed E-state index contributed by atoms with van der Waals surface area (Å²) in [6.07, 6.45) is 6.05. The molecule has 7 rings (SSSR count). The minimum atomic E-state index is 0.658. The van der Waals surface area contributed by atoms with E-state index in [1.807, 2.05) is 0 Å². The predicted molar refractivity (Wildman–Crippen MR) is 164 cm³/mol. The molecule has 1 aliphatic rings. The van der Waals surface area contributed by atoms with Gasteiger partial charge in [0, 0.05) is 13.0 Å². The van der Waals surface area contributed by atoms with E-state index in [1.54, 1.807) is 0 Å². The molecule has 0 saturated heterocycles. The Bertz CT molecular complexity index is 1880. The number of imidazole rings is 1. The highest BCUT2D eigenvalue weighted by Gasteiger charge is 2.20. The SMILES string of the molecule is CCCc1nc2c(C)cc(-c3ccccc3)cc2n1Cc1ccc2c(c1)CCc1ccccc1/C2=C\c1nnn[nH]1. The Kier molecular flexibility index (Phi) is 6.51. The quantitative estimate of drug-likeness (QED) is 0.244. The first kappa shape index (κ1) is 25.1. The maximum absolute atomic E-state index is 5.15. The topological polar surface area (TPSA) is 72.3 Å². The third-order valence-electron chi connectivity index (χ3n) is 8.12. The van der Waals surface area contributed by atoms with Gasteiger partial charge in [-0.1, -0.05) is 79.7 Å². The van der Waals surface area contributed by atoms with Crippen LogP contribution >= 0.6 is 0 Å². The largest absolute Gasteiger partial charge is 0.323 e. The molecule has 0 bridgehead atoms. The highest BCUT2D eigenvalue weighted by atomic mass is 15.5. The van der Waals surface area contributed by atoms with Gasteiger partial charge in [-0.2, -0.15) is 0 Å². The molecule has 202 valence electrons. The van der Waals surface area contributed by atoms with Gasteiger partial charge in [0.2, 0.25) is 0 Å². The van der Waals surface area contributed by atoms with Crippen LogP contribution in [0.15, 0.2) is 84.9 Å². The van der Waals surface area contributed by atoms with Crippen LogP contribution < -0.4 is 0 Å². The molecule has 4 aromatic carbocycles. The summed E-state index contributed by atoms with van der Waals surface area (Å²) >= 11 is 0. The molecule has 2 heterocycles. The van der Waals surface area contributed by atoms with Gasteiger partial charge in [-0.25, -0.2) is 10.1 Å². The zero-order valence-electron chi connectivity index (χ0n) is 23.4. The molecule has 0 fully saturated rings. The highest BCUT2D eigenvalue weighted by molar-refractivity contribution is 5.93. The summed E-state index contributed by atoms with van der Waals surface area (Å²) in [6.45, 7) is 5.19. The summed E-state index contributed by atoms with van der Waals surface area (Å²) in [6, 6.07) is 30.8. The van der Waals surface area contributed by atoms with Crippen LogP contribution in [-0.4, -0.2) is 30.2 Å². The minimum Gasteiger partial charge on any atom is -0.323 e. The first-order valence-electron chi connectivity index (χ1n) is 14.4. The maximum Gasteiger partial charge on any atom is 0.172 e. The summed E-state index contributed by atoms with van der Waals surface area (Å²) in [5, 5.41) is 14.6. The molecule has 6 heteroatoms. The van der Waals surface area contributed by atoms with Crippen molar-refractivity contribution in [3.05, 3.63) is 130 Å². The number of H-pyrrole nitrogens is 1. The van der Waals surface area contributed by atoms with Crippen molar-refractivity contribution < 1.29 is 0 Å². The maximum atomic E-state index is 5.15. The third-order valence-corrected chi connectivity index (χ3v) is 8.12. The Morgan fingerprint density at radius 1 is 0.854 bits per heavy atom. The zero-order valence-corrected chi connectivity index (χ0v) is 23.4. The second-order valence-corrected chi connectivity index (χ2v) is 10.9. The molecule has 0 saturated carbocycles. The number of benzene rings is 4. The average molecular weight is 537 g/mol. The van der Waals surface area contributed by atoms with Gasteiger partial charge in [0.1, 0.15) is 5.82 Å². The third kappa shape index (κ3) is 4.76. The van der Waals surface area contributed by atoms with Crippen molar-refractivity contribution >= 4 is 22.7 Å². The summed E-state index contributed by atoms with van der Waals surface area (Å²) in [7, 11) is 0. The van der Waals surface area contributed by atoms with Crippen molar-refractivity contribution in [2.75, 3.05) is 0 Å². The van der Waals surface area contributed by atoms with Gasteiger partial charge in [-0.15, -0.1) is 5.10 Å². The summed E-state index contributed by atoms with van der Waals surface area (Å²) in [4.78, 5) is 5.15. The summed E-state index contributed by atoms with van der Waals surface area (Å²) in [5.74, 6) is 1.81. The molecule has 1 aliphatic carbocycles. The Hall–Kier alpha value is -4.84. The van der Waals surface area contributed by atoms with E-state index in [2.05, 4.69) is 130 Å². The lowest BCUT2D eigenvalue weighted by Crippen LogP contribution is -2.06. The van der Waals surface area contributed by atoms with Gasteiger partial charge in [-0.3, -0.25) is 0 Å². The predicted octanol–water partition coefficient (Wildman–Crippen LogP) is 7.21. The molecule has 6 aromatic rings. The van der Waals surface area contributed by atoms with Crippen molar-refractivity contribution in [3.8, 4) is 11.1 Å². The molecule has 0 spiro atoms. The lowest BCUT2D eigenvalue weighted by Gasteiger charge is -2.15. The first-order valence-corrected chi connectivity index (χ1v) is 14.4. The van der Waals surface area contributed by atoms with E-state index in [4.69, 9.17) is 4.98 Å². The number of aryl methyl sites for hydroxylation is 4. The Morgan fingerprint density at radius 3 is 2.49 bits per heavy atom. The van der Waals surface area contributed by atoms with Gasteiger partial charge in [-0.05, 0) is 105 Å². The number of aromatic nitrogens is 6. The van der Waals surface area contributed by atoms with Crippen LogP contribution in [0.5, 0.6) is 0 Å². The summed E-state index contributed by atoms with van der Waals surface area (Å²) in [5.41, 5.74) is 13.6. The van der Waals surface area contributed by atoms with Crippen LogP contribution in [0.4, 0.5) is 0 Å². The molecule has 0 unspecified atom stereocenters. The molecule has 0 atom stereocenters. The van der Waals surface area contributed by atoms with Gasteiger partial charge < -0.3 is 4.57 Å². The number of aromatic amines is 1. The van der Waals surface area contributed by atoms with Crippen molar-refractivity contribution in [1.29, 1.82) is 0 Å². The van der Waals surface area contributed by atoms with E-state index in [1.165, 1.54) is 50.0 Å². The van der Waals surface area contributed by atoms with Crippen LogP contribution in [0.25, 0.3) is 33.8 Å². The number of nitrogens with one attached hydrogen (secondary N) is 1. The number of hydrogen-bond acceptors (Lipinski definition) is 4. The standard InChI is InChI=1S/C35H32N6/c1-3-9-34-36-35-23(2)18-28(25-10-5-4-6-11-25)20-32(35)41(34)22-24-14-17-30-27(19-24)16-15-26-12-7-8-13-29(26)31(30)21-33-37-39-40-38-33/h4-8,10-14,17-21H,3,9,15-16,22H2,1-2H3,(H,37,38,39,40)/b31-21+. The van der Waals surface area contributed by atoms with E-state index in [0.29, 0.717) is 5.82 Å². The van der Waals surface area contributed by atoms with E-state index >= 15 is 0 Å². The number of rotatable bonds is 6. The molecule has 0 amide bonds. The summed E-state index contributed by atoms with van der Waals surface area (Å²) < 4.78 is 2.43. The van der Waals surface area contributed by atoms with Gasteiger partial charge >= 0.3 is 0 Å². The molecular formula is C35H32N6. The van der Waals surface area contributed by atoms with Crippen LogP contribution in [-0.2, 0) is 25.8 Å². The second-order valence-electron chi connectivity index (χ2n) is 10.9. The lowest BCUT2D eigenvalue weighted by molar-refractivity contribution is 0.721. The lowest BCUT2D eigenvalue weighted by atomic mass is 9.92. The van der Waals surface area contributed by atoms with Crippen LogP contribution in [0.2, 0.25) is 0 Å². The smallest absolute Gasteiger partial charge is 0.172 e. The van der Waals surface area contributed by atoms with Gasteiger partial charge in [0.05, 0.1) is 11.0 Å². The normalized spacial score (nSPS) is 13.8. The van der Waals surface area contributed by atoms with Crippen LogP contribution in [0.3, 0.4) is 0 Å². The number of hydrogen-bond donors (Lipinski definition) is 1. The van der Waals surface area contributed by atoms with Crippen molar-refractivity contribution in [1.82, 2.24) is 30.2 Å². The average Bonchev–Trinajstić information content (AvgIpc) is 3.61. The van der Waals surface area contributed by atoms with Crippen molar-refractivity contribution in [2.24, 2.45) is 0 Å². The van der Waals surface area contributed by atoms with Crippen molar-refractivity contribution in [3.63, 3.8) is 0 Å². The molecule has 1 N–H and O–H groups in total. The van der Waals surface area contributed by atoms with Gasteiger partial charge in [0.15, 0.2) is 5.82 Å². The zero-order chi connectivity index (χ0) is 27.8. The fourth-order valence-electron chi connectivity index (χ4n) is 6.16. The Morgan fingerprint density at radius 2 is 1.66 bits per heavy atom. The molecule has 0 aliphatic heterocycles. The second kappa shape index (κ2) is 10.6. The minimum absolute atomic E-state index is 0.658. The number of nitrogens with zero attached hydrogens (tertiary/aromatic N) is 5. The van der Waals surface area contributed by atoms with Crippen LogP contribution in [0, 0.1) is 6.92 Å². The monoisotopic (exact) mass is 536 g/mol. The molecule has 0 radical (unpaired) electrons. The molecule has 6 nitrogen and oxygen atoms in total. The van der Waals surface area contributed by atoms with E-state index in [9.17, 15) is 0 Å². The van der Waals surface area contributed by atoms with E-state index in [-0.39, 0.29) is 0 Å². The molecule has 2 aromatic heterocycles. The van der Waals surface area contributed by atoms with Crippen molar-refractivity contribution in [2.45, 2.75) is 46.1 Å². The van der Waals surface area contributed by atoms with E-state index < -0.39 is 0 Å². The Balaban J connectivity index is 1.32. The van der Waals surface area contributed by atoms with Gasteiger partial charge in [0.25, 0.3) is 0 Å². The van der Waals surface area contributed by atoms with E-state index in [0.717, 1.165) is 49.1 Å². The Labute approximate surface area is 239 Å². The number of tetrazole rings is 1. The van der Waals surface area contributed by atoms with Crippen LogP contribution in [0.1, 0.15) is 58.4 Å². The fourth-order valence-corrected chi connectivity index (χ4v) is 6.16. The first-order chi connectivity index (χ1) is 20.2. The molecular weight excluding hydrogens is 504 g/mol. The number of fused-ring (bicyclic) bond motifs is 3. The highest BCUT2D eigenvalue weighted by Crippen LogP contribution is 2.36. The fraction of sp³-hybridized carbons (Fsp3) is 0.200.